The summed E-state index contributed by atoms with van der Waals surface area (Å²) in [6, 6.07) is 17.9. The zero-order valence-electron chi connectivity index (χ0n) is 17.1. The molecule has 168 valence electrons. The number of thiophene rings is 1. The van der Waals surface area contributed by atoms with Gasteiger partial charge in [-0.25, -0.2) is 9.18 Å². The van der Waals surface area contributed by atoms with Gasteiger partial charge in [0.25, 0.3) is 0 Å². The summed E-state index contributed by atoms with van der Waals surface area (Å²) < 4.78 is 25.8. The lowest BCUT2D eigenvalue weighted by Crippen LogP contribution is -2.21. The number of esters is 1. The fraction of sp³-hybridized carbons (Fsp3) is 0.0400. The van der Waals surface area contributed by atoms with Crippen molar-refractivity contribution in [2.45, 2.75) is 5.92 Å². The summed E-state index contributed by atoms with van der Waals surface area (Å²) in [7, 11) is 0. The molecule has 1 atom stereocenters. The van der Waals surface area contributed by atoms with E-state index in [0.717, 1.165) is 4.70 Å². The van der Waals surface area contributed by atoms with Crippen LogP contribution >= 0.6 is 34.5 Å². The maximum absolute atomic E-state index is 13.9. The molecule has 3 aromatic carbocycles. The molecule has 0 fully saturated rings. The fourth-order valence-corrected chi connectivity index (χ4v) is 5.51. The summed E-state index contributed by atoms with van der Waals surface area (Å²) in [6.45, 7) is 0. The first-order chi connectivity index (χ1) is 16.4. The van der Waals surface area contributed by atoms with Crippen molar-refractivity contribution in [3.05, 3.63) is 104 Å². The summed E-state index contributed by atoms with van der Waals surface area (Å²) in [6.07, 6.45) is 0. The van der Waals surface area contributed by atoms with Crippen LogP contribution in [-0.2, 0) is 0 Å². The molecule has 0 saturated heterocycles. The van der Waals surface area contributed by atoms with Crippen LogP contribution in [0.25, 0.3) is 10.1 Å². The van der Waals surface area contributed by atoms with Crippen LogP contribution in [0.15, 0.2) is 72.1 Å². The Labute approximate surface area is 207 Å². The normalized spacial score (nSPS) is 14.9. The average Bonchev–Trinajstić information content (AvgIpc) is 3.13. The molecule has 2 heterocycles. The fourth-order valence-electron chi connectivity index (χ4n) is 3.85. The van der Waals surface area contributed by atoms with Crippen LogP contribution in [0, 0.1) is 17.1 Å². The smallest absolute Gasteiger partial charge is 0.355 e. The highest BCUT2D eigenvalue weighted by Crippen LogP contribution is 2.44. The number of allylic oxidation sites excluding steroid dienone is 1. The highest BCUT2D eigenvalue weighted by atomic mass is 35.5. The number of nitriles is 1. The molecule has 0 saturated carbocycles. The number of rotatable bonds is 3. The van der Waals surface area contributed by atoms with E-state index in [9.17, 15) is 14.4 Å². The van der Waals surface area contributed by atoms with E-state index >= 15 is 0 Å². The Morgan fingerprint density at radius 3 is 2.74 bits per heavy atom. The van der Waals surface area contributed by atoms with E-state index in [1.807, 2.05) is 0 Å². The van der Waals surface area contributed by atoms with Crippen LogP contribution in [-0.4, -0.2) is 5.97 Å². The van der Waals surface area contributed by atoms with E-state index in [4.69, 9.17) is 38.4 Å². The van der Waals surface area contributed by atoms with Crippen molar-refractivity contribution in [2.24, 2.45) is 5.73 Å². The van der Waals surface area contributed by atoms with Gasteiger partial charge in [-0.2, -0.15) is 5.26 Å². The van der Waals surface area contributed by atoms with Crippen molar-refractivity contribution >= 4 is 50.6 Å². The van der Waals surface area contributed by atoms with E-state index < -0.39 is 17.7 Å². The average molecular weight is 511 g/mol. The predicted octanol–water partition coefficient (Wildman–Crippen LogP) is 6.78. The van der Waals surface area contributed by atoms with Gasteiger partial charge >= 0.3 is 5.97 Å². The monoisotopic (exact) mass is 510 g/mol. The van der Waals surface area contributed by atoms with Crippen LogP contribution < -0.4 is 15.2 Å². The lowest BCUT2D eigenvalue weighted by atomic mass is 9.83. The summed E-state index contributed by atoms with van der Waals surface area (Å²) in [5.41, 5.74) is 7.29. The topological polar surface area (TPSA) is 85.3 Å². The molecule has 5 rings (SSSR count). The zero-order valence-corrected chi connectivity index (χ0v) is 19.5. The number of ether oxygens (including phenoxy) is 2. The molecule has 34 heavy (non-hydrogen) atoms. The van der Waals surface area contributed by atoms with Crippen molar-refractivity contribution in [3.63, 3.8) is 0 Å². The maximum Gasteiger partial charge on any atom is 0.355 e. The van der Waals surface area contributed by atoms with Crippen LogP contribution in [0.4, 0.5) is 4.39 Å². The molecule has 0 radical (unpaired) electrons. The van der Waals surface area contributed by atoms with E-state index in [1.54, 1.807) is 42.5 Å². The van der Waals surface area contributed by atoms with Gasteiger partial charge in [0.15, 0.2) is 0 Å². The Kier molecular flexibility index (Phi) is 5.66. The van der Waals surface area contributed by atoms with Gasteiger partial charge < -0.3 is 15.2 Å². The first kappa shape index (κ1) is 22.2. The summed E-state index contributed by atoms with van der Waals surface area (Å²) >= 11 is 13.6. The molecule has 5 nitrogen and oxygen atoms in total. The highest BCUT2D eigenvalue weighted by Gasteiger charge is 2.31. The van der Waals surface area contributed by atoms with Crippen LogP contribution in [0.5, 0.6) is 11.5 Å². The zero-order chi connectivity index (χ0) is 24.0. The molecule has 1 aliphatic heterocycles. The first-order valence-electron chi connectivity index (χ1n) is 9.92. The number of nitrogens with zero attached hydrogens (tertiary/aromatic N) is 1. The van der Waals surface area contributed by atoms with Gasteiger partial charge in [-0.3, -0.25) is 0 Å². The lowest BCUT2D eigenvalue weighted by molar-refractivity contribution is 0.0740. The Hall–Kier alpha value is -3.57. The number of hydrogen-bond donors (Lipinski definition) is 1. The quantitative estimate of drug-likeness (QED) is 0.242. The van der Waals surface area contributed by atoms with Crippen molar-refractivity contribution in [2.75, 3.05) is 0 Å². The van der Waals surface area contributed by atoms with Gasteiger partial charge in [0.1, 0.15) is 33.8 Å². The summed E-state index contributed by atoms with van der Waals surface area (Å²) in [5.74, 6) is -1.31. The van der Waals surface area contributed by atoms with Crippen LogP contribution in [0.1, 0.15) is 26.7 Å². The molecule has 1 aromatic heterocycles. The highest BCUT2D eigenvalue weighted by molar-refractivity contribution is 7.21. The van der Waals surface area contributed by atoms with Crippen molar-refractivity contribution in [3.8, 4) is 17.6 Å². The molecule has 2 N–H and O–H groups in total. The molecular formula is C25H13Cl2FN2O3S. The Bertz CT molecular complexity index is 1560. The third-order valence-corrected chi connectivity index (χ3v) is 7.23. The van der Waals surface area contributed by atoms with Gasteiger partial charge in [-0.1, -0.05) is 47.5 Å². The van der Waals surface area contributed by atoms with Gasteiger partial charge in [-0.05, 0) is 35.9 Å². The number of nitrogens with two attached hydrogens (primary N) is 1. The molecule has 1 unspecified atom stereocenters. The number of carbonyl (C=O) groups is 1. The van der Waals surface area contributed by atoms with Crippen LogP contribution in [0.2, 0.25) is 10.0 Å². The minimum atomic E-state index is -0.638. The van der Waals surface area contributed by atoms with Gasteiger partial charge in [-0.15, -0.1) is 11.3 Å². The third kappa shape index (κ3) is 3.86. The number of benzene rings is 3. The molecule has 4 aromatic rings. The van der Waals surface area contributed by atoms with Crippen molar-refractivity contribution in [1.29, 1.82) is 5.26 Å². The summed E-state index contributed by atoms with van der Waals surface area (Å²) in [5, 5.41) is 11.2. The molecule has 0 bridgehead atoms. The molecule has 1 aliphatic rings. The second-order valence-corrected chi connectivity index (χ2v) is 9.32. The van der Waals surface area contributed by atoms with E-state index in [2.05, 4.69) is 6.07 Å². The molecule has 0 aliphatic carbocycles. The van der Waals surface area contributed by atoms with E-state index in [1.165, 1.54) is 29.5 Å². The number of fused-ring (bicyclic) bond motifs is 2. The van der Waals surface area contributed by atoms with E-state index in [-0.39, 0.29) is 27.1 Å². The Balaban J connectivity index is 1.49. The van der Waals surface area contributed by atoms with Crippen molar-refractivity contribution < 1.29 is 18.7 Å². The lowest BCUT2D eigenvalue weighted by Gasteiger charge is -2.26. The SMILES string of the molecule is N#CC1=C(N)Oc2cc(OC(=O)c3sc4cc(Cl)ccc4c3Cl)ccc2C1c1cccc(F)c1. The van der Waals surface area contributed by atoms with Gasteiger partial charge in [0.2, 0.25) is 5.88 Å². The Morgan fingerprint density at radius 1 is 1.15 bits per heavy atom. The maximum atomic E-state index is 13.9. The summed E-state index contributed by atoms with van der Waals surface area (Å²) in [4.78, 5) is 13.1. The second-order valence-electron chi connectivity index (χ2n) is 7.45. The largest absolute Gasteiger partial charge is 0.440 e. The standard InChI is InChI=1S/C25H13Cl2FN2O3S/c26-13-4-6-17-20(9-13)34-23(22(17)27)25(31)32-15-5-7-16-19(10-15)33-24(30)18(11-29)21(16)12-2-1-3-14(28)8-12/h1-10,21H,30H2. The predicted molar refractivity (Wildman–Crippen MR) is 129 cm³/mol. The number of halogens is 3. The minimum absolute atomic E-state index is 0.0998. The molecule has 9 heteroatoms. The number of hydrogen-bond acceptors (Lipinski definition) is 6. The second kappa shape index (κ2) is 8.65. The molecule has 0 amide bonds. The Morgan fingerprint density at radius 2 is 1.97 bits per heavy atom. The number of carbonyl (C=O) groups excluding carboxylic acids is 1. The van der Waals surface area contributed by atoms with Crippen molar-refractivity contribution in [1.82, 2.24) is 0 Å². The minimum Gasteiger partial charge on any atom is -0.440 e. The van der Waals surface area contributed by atoms with Gasteiger partial charge in [0.05, 0.1) is 10.9 Å². The third-order valence-electron chi connectivity index (χ3n) is 5.36. The van der Waals surface area contributed by atoms with Gasteiger partial charge in [0, 0.05) is 26.7 Å². The molecular weight excluding hydrogens is 498 g/mol. The first-order valence-corrected chi connectivity index (χ1v) is 11.5. The van der Waals surface area contributed by atoms with E-state index in [0.29, 0.717) is 27.3 Å². The molecule has 0 spiro atoms. The van der Waals surface area contributed by atoms with Crippen LogP contribution in [0.3, 0.4) is 0 Å².